The number of nitrogens with zero attached hydrogens (tertiary/aromatic N) is 2. The Morgan fingerprint density at radius 1 is 1.33 bits per heavy atom. The standard InChI is InChI=1S/C20H20N4O3/c1-11(2)22-20(25)19-18(15-7-8-21-10-17(15)27-19)23-13-4-5-14-12(9-13)3-6-16(14)24-26/h4-5,7-11,16,23H,3,6H2,1-2H3,(H,22,25). The van der Waals surface area contributed by atoms with Gasteiger partial charge in [-0.25, -0.2) is 0 Å². The van der Waals surface area contributed by atoms with Crippen molar-refractivity contribution in [1.29, 1.82) is 0 Å². The highest BCUT2D eigenvalue weighted by atomic mass is 16.3. The molecule has 0 bridgehead atoms. The number of hydrogen-bond donors (Lipinski definition) is 2. The molecule has 0 radical (unpaired) electrons. The number of nitrogens with one attached hydrogen (secondary N) is 2. The zero-order valence-electron chi connectivity index (χ0n) is 15.2. The number of benzene rings is 1. The lowest BCUT2D eigenvalue weighted by atomic mass is 10.1. The van der Waals surface area contributed by atoms with Gasteiger partial charge in [-0.1, -0.05) is 11.2 Å². The predicted octanol–water partition coefficient (Wildman–Crippen LogP) is 4.46. The maximum atomic E-state index is 12.6. The Bertz CT molecular complexity index is 1030. The zero-order valence-corrected chi connectivity index (χ0v) is 15.2. The van der Waals surface area contributed by atoms with Crippen molar-refractivity contribution < 1.29 is 9.21 Å². The molecule has 1 aromatic carbocycles. The number of fused-ring (bicyclic) bond motifs is 2. The van der Waals surface area contributed by atoms with Crippen molar-refractivity contribution in [2.24, 2.45) is 5.18 Å². The summed E-state index contributed by atoms with van der Waals surface area (Å²) in [5, 5.41) is 10.2. The number of carbonyl (C=O) groups is 1. The largest absolute Gasteiger partial charge is 0.447 e. The average Bonchev–Trinajstić information content (AvgIpc) is 3.22. The summed E-state index contributed by atoms with van der Waals surface area (Å²) in [7, 11) is 0. The van der Waals surface area contributed by atoms with Gasteiger partial charge in [0, 0.05) is 23.3 Å². The number of hydrogen-bond acceptors (Lipinski definition) is 6. The molecule has 4 rings (SSSR count). The van der Waals surface area contributed by atoms with Crippen molar-refractivity contribution in [3.05, 3.63) is 58.5 Å². The van der Waals surface area contributed by atoms with Crippen LogP contribution >= 0.6 is 0 Å². The number of carbonyl (C=O) groups excluding carboxylic acids is 1. The number of amides is 1. The molecule has 138 valence electrons. The maximum absolute atomic E-state index is 12.6. The van der Waals surface area contributed by atoms with Crippen LogP contribution in [0.5, 0.6) is 0 Å². The Hall–Kier alpha value is -3.22. The minimum Gasteiger partial charge on any atom is -0.447 e. The molecule has 0 fully saturated rings. The summed E-state index contributed by atoms with van der Waals surface area (Å²) >= 11 is 0. The molecule has 3 aromatic rings. The number of pyridine rings is 1. The van der Waals surface area contributed by atoms with Crippen molar-refractivity contribution in [3.8, 4) is 0 Å². The van der Waals surface area contributed by atoms with Crippen molar-refractivity contribution in [2.45, 2.75) is 38.8 Å². The van der Waals surface area contributed by atoms with E-state index < -0.39 is 0 Å². The van der Waals surface area contributed by atoms with Gasteiger partial charge in [-0.3, -0.25) is 9.78 Å². The smallest absolute Gasteiger partial charge is 0.289 e. The monoisotopic (exact) mass is 364 g/mol. The summed E-state index contributed by atoms with van der Waals surface area (Å²) in [4.78, 5) is 27.6. The maximum Gasteiger partial charge on any atom is 0.289 e. The topological polar surface area (TPSA) is 96.6 Å². The third-order valence-corrected chi connectivity index (χ3v) is 4.70. The van der Waals surface area contributed by atoms with Crippen molar-refractivity contribution in [1.82, 2.24) is 10.3 Å². The molecular formula is C20H20N4O3. The van der Waals surface area contributed by atoms with E-state index in [4.69, 9.17) is 4.42 Å². The van der Waals surface area contributed by atoms with Gasteiger partial charge in [-0.05, 0) is 56.0 Å². The summed E-state index contributed by atoms with van der Waals surface area (Å²) in [5.41, 5.74) is 4.06. The summed E-state index contributed by atoms with van der Waals surface area (Å²) in [5.74, 6) is -0.0605. The van der Waals surface area contributed by atoms with E-state index in [0.717, 1.165) is 35.0 Å². The Morgan fingerprint density at radius 2 is 2.19 bits per heavy atom. The second-order valence-electron chi connectivity index (χ2n) is 7.00. The van der Waals surface area contributed by atoms with Crippen molar-refractivity contribution >= 4 is 28.3 Å². The number of aryl methyl sites for hydroxylation is 1. The van der Waals surface area contributed by atoms with E-state index in [1.54, 1.807) is 12.4 Å². The lowest BCUT2D eigenvalue weighted by molar-refractivity contribution is 0.0918. The minimum atomic E-state index is -0.282. The van der Waals surface area contributed by atoms with Crippen LogP contribution in [0.3, 0.4) is 0 Å². The molecule has 7 heteroatoms. The second kappa shape index (κ2) is 6.83. The first-order valence-corrected chi connectivity index (χ1v) is 8.96. The first-order valence-electron chi connectivity index (χ1n) is 8.96. The summed E-state index contributed by atoms with van der Waals surface area (Å²) < 4.78 is 5.77. The number of rotatable bonds is 5. The molecule has 2 heterocycles. The number of anilines is 2. The SMILES string of the molecule is CC(C)NC(=O)c1oc2cnccc2c1Nc1ccc2c(c1)CCC2N=O. The molecule has 1 aliphatic carbocycles. The molecule has 1 unspecified atom stereocenters. The van der Waals surface area contributed by atoms with E-state index in [-0.39, 0.29) is 23.8 Å². The first-order chi connectivity index (χ1) is 13.1. The molecule has 0 aliphatic heterocycles. The lowest BCUT2D eigenvalue weighted by Crippen LogP contribution is -2.30. The van der Waals surface area contributed by atoms with Crippen LogP contribution in [0, 0.1) is 4.91 Å². The van der Waals surface area contributed by atoms with E-state index in [0.29, 0.717) is 11.3 Å². The van der Waals surface area contributed by atoms with Gasteiger partial charge in [0.05, 0.1) is 11.9 Å². The number of aromatic nitrogens is 1. The fourth-order valence-electron chi connectivity index (χ4n) is 3.49. The highest BCUT2D eigenvalue weighted by molar-refractivity contribution is 6.07. The average molecular weight is 364 g/mol. The van der Waals surface area contributed by atoms with Gasteiger partial charge in [0.2, 0.25) is 5.76 Å². The third kappa shape index (κ3) is 3.16. The summed E-state index contributed by atoms with van der Waals surface area (Å²) in [6.07, 6.45) is 4.81. The predicted molar refractivity (Wildman–Crippen MR) is 103 cm³/mol. The van der Waals surface area contributed by atoms with Crippen LogP contribution in [0.4, 0.5) is 11.4 Å². The van der Waals surface area contributed by atoms with Gasteiger partial charge < -0.3 is 15.1 Å². The molecule has 0 saturated carbocycles. The first kappa shape index (κ1) is 17.2. The molecule has 7 nitrogen and oxygen atoms in total. The van der Waals surface area contributed by atoms with E-state index in [1.807, 2.05) is 38.1 Å². The fraction of sp³-hybridized carbons (Fsp3) is 0.300. The molecule has 1 atom stereocenters. The van der Waals surface area contributed by atoms with Crippen LogP contribution in [0.2, 0.25) is 0 Å². The molecule has 2 N–H and O–H groups in total. The molecule has 27 heavy (non-hydrogen) atoms. The van der Waals surface area contributed by atoms with Gasteiger partial charge in [0.15, 0.2) is 5.58 Å². The van der Waals surface area contributed by atoms with Gasteiger partial charge in [0.25, 0.3) is 5.91 Å². The normalized spacial score (nSPS) is 15.7. The summed E-state index contributed by atoms with van der Waals surface area (Å²) in [6.45, 7) is 3.79. The van der Waals surface area contributed by atoms with Crippen molar-refractivity contribution in [3.63, 3.8) is 0 Å². The Labute approximate surface area is 156 Å². The fourth-order valence-corrected chi connectivity index (χ4v) is 3.49. The molecule has 0 spiro atoms. The van der Waals surface area contributed by atoms with Crippen LogP contribution in [0.25, 0.3) is 11.0 Å². The second-order valence-corrected chi connectivity index (χ2v) is 7.00. The van der Waals surface area contributed by atoms with Crippen LogP contribution in [-0.2, 0) is 6.42 Å². The molecular weight excluding hydrogens is 344 g/mol. The van der Waals surface area contributed by atoms with Crippen LogP contribution in [0.1, 0.15) is 48.0 Å². The van der Waals surface area contributed by atoms with E-state index >= 15 is 0 Å². The van der Waals surface area contributed by atoms with Crippen LogP contribution < -0.4 is 10.6 Å². The zero-order chi connectivity index (χ0) is 19.0. The Balaban J connectivity index is 1.73. The third-order valence-electron chi connectivity index (χ3n) is 4.70. The lowest BCUT2D eigenvalue weighted by Gasteiger charge is -2.11. The van der Waals surface area contributed by atoms with E-state index in [9.17, 15) is 9.70 Å². The van der Waals surface area contributed by atoms with Gasteiger partial charge in [-0.2, -0.15) is 4.91 Å². The minimum absolute atomic E-state index is 0.00976. The molecule has 1 amide bonds. The highest BCUT2D eigenvalue weighted by Gasteiger charge is 2.25. The van der Waals surface area contributed by atoms with Gasteiger partial charge in [-0.15, -0.1) is 0 Å². The molecule has 1 aliphatic rings. The molecule has 0 saturated heterocycles. The van der Waals surface area contributed by atoms with E-state index in [2.05, 4.69) is 20.8 Å². The molecule has 2 aromatic heterocycles. The van der Waals surface area contributed by atoms with Gasteiger partial charge in [0.1, 0.15) is 6.04 Å². The summed E-state index contributed by atoms with van der Waals surface area (Å²) in [6, 6.07) is 7.37. The Morgan fingerprint density at radius 3 is 2.96 bits per heavy atom. The Kier molecular flexibility index (Phi) is 4.35. The quantitative estimate of drug-likeness (QED) is 0.651. The van der Waals surface area contributed by atoms with Gasteiger partial charge >= 0.3 is 0 Å². The van der Waals surface area contributed by atoms with Crippen LogP contribution in [0.15, 0.2) is 46.3 Å². The number of furan rings is 1. The highest BCUT2D eigenvalue weighted by Crippen LogP contribution is 2.37. The van der Waals surface area contributed by atoms with E-state index in [1.165, 1.54) is 0 Å². The number of nitroso groups, excluding NO2 is 1. The van der Waals surface area contributed by atoms with Crippen LogP contribution in [-0.4, -0.2) is 16.9 Å². The van der Waals surface area contributed by atoms with Crippen molar-refractivity contribution in [2.75, 3.05) is 5.32 Å².